The first-order valence-corrected chi connectivity index (χ1v) is 7.98. The minimum Gasteiger partial charge on any atom is -0.258 e. The van der Waals surface area contributed by atoms with Gasteiger partial charge in [-0.15, -0.1) is 0 Å². The lowest BCUT2D eigenvalue weighted by Gasteiger charge is -2.05. The second-order valence-corrected chi connectivity index (χ2v) is 5.92. The van der Waals surface area contributed by atoms with Gasteiger partial charge in [-0.2, -0.15) is 5.10 Å². The van der Waals surface area contributed by atoms with Crippen molar-refractivity contribution in [2.75, 3.05) is 0 Å². The van der Waals surface area contributed by atoms with Crippen LogP contribution in [0.5, 0.6) is 0 Å². The number of benzene rings is 2. The van der Waals surface area contributed by atoms with Gasteiger partial charge in [0.25, 0.3) is 5.69 Å². The van der Waals surface area contributed by atoms with E-state index in [9.17, 15) is 10.1 Å². The molecule has 7 nitrogen and oxygen atoms in total. The molecule has 0 amide bonds. The van der Waals surface area contributed by atoms with E-state index in [-0.39, 0.29) is 5.69 Å². The number of hydrogen-bond donors (Lipinski definition) is 0. The predicted molar refractivity (Wildman–Crippen MR) is 96.8 cm³/mol. The van der Waals surface area contributed by atoms with Gasteiger partial charge in [0.1, 0.15) is 17.5 Å². The molecule has 0 N–H and O–H groups in total. The summed E-state index contributed by atoms with van der Waals surface area (Å²) < 4.78 is 1.76. The minimum absolute atomic E-state index is 0.0303. The Labute approximate surface area is 147 Å². The largest absolute Gasteiger partial charge is 0.270 e. The Morgan fingerprint density at radius 3 is 2.77 bits per heavy atom. The van der Waals surface area contributed by atoms with Crippen LogP contribution in [0.25, 0.3) is 16.8 Å². The van der Waals surface area contributed by atoms with Crippen LogP contribution in [0, 0.1) is 10.1 Å². The van der Waals surface area contributed by atoms with Gasteiger partial charge in [-0.3, -0.25) is 10.1 Å². The first-order chi connectivity index (χ1) is 12.7. The lowest BCUT2D eigenvalue weighted by molar-refractivity contribution is -0.384. The molecule has 0 atom stereocenters. The molecule has 2 aromatic heterocycles. The Morgan fingerprint density at radius 2 is 1.88 bits per heavy atom. The second-order valence-electron chi connectivity index (χ2n) is 5.92. The van der Waals surface area contributed by atoms with Crippen molar-refractivity contribution in [1.29, 1.82) is 0 Å². The van der Waals surface area contributed by atoms with Gasteiger partial charge in [0.15, 0.2) is 0 Å². The molecule has 4 aromatic rings. The number of para-hydroxylation sites is 1. The molecule has 3 heterocycles. The zero-order chi connectivity index (χ0) is 17.7. The van der Waals surface area contributed by atoms with Crippen LogP contribution in [0.4, 0.5) is 11.4 Å². The number of fused-ring (bicyclic) bond motifs is 2. The fraction of sp³-hybridized carbons (Fsp3) is 0. The molecular formula is C19H11N5O2. The maximum atomic E-state index is 11.2. The summed E-state index contributed by atoms with van der Waals surface area (Å²) in [5, 5.41) is 15.5. The number of aliphatic imine (C=N–C) groups is 1. The van der Waals surface area contributed by atoms with E-state index in [2.05, 4.69) is 10.1 Å². The highest BCUT2D eigenvalue weighted by molar-refractivity contribution is 6.20. The standard InChI is InChI=1S/C19H11N5O2/c25-24(26)13-5-3-4-12(10-13)17-15-8-9-23-19(15)18(20-11-21-23)14-6-1-2-7-16(14)22-17/h1-11H. The van der Waals surface area contributed by atoms with Gasteiger partial charge in [0.05, 0.1) is 16.3 Å². The van der Waals surface area contributed by atoms with Gasteiger partial charge < -0.3 is 0 Å². The third kappa shape index (κ3) is 2.04. The number of rotatable bonds is 2. The molecule has 0 spiro atoms. The summed E-state index contributed by atoms with van der Waals surface area (Å²) in [4.78, 5) is 20.1. The minimum atomic E-state index is -0.402. The summed E-state index contributed by atoms with van der Waals surface area (Å²) in [6.45, 7) is 0. The Hall–Kier alpha value is -3.87. The fourth-order valence-electron chi connectivity index (χ4n) is 3.28. The molecule has 0 saturated heterocycles. The third-order valence-corrected chi connectivity index (χ3v) is 4.43. The number of nitrogens with zero attached hydrogens (tertiary/aromatic N) is 5. The van der Waals surface area contributed by atoms with E-state index in [4.69, 9.17) is 4.99 Å². The molecule has 0 saturated carbocycles. The highest BCUT2D eigenvalue weighted by atomic mass is 16.6. The van der Waals surface area contributed by atoms with Gasteiger partial charge in [-0.25, -0.2) is 14.5 Å². The van der Waals surface area contributed by atoms with Crippen molar-refractivity contribution in [3.8, 4) is 11.3 Å². The van der Waals surface area contributed by atoms with Crippen LogP contribution < -0.4 is 0 Å². The lowest BCUT2D eigenvalue weighted by atomic mass is 10.0. The smallest absolute Gasteiger partial charge is 0.258 e. The number of hydrogen-bond acceptors (Lipinski definition) is 5. The van der Waals surface area contributed by atoms with Gasteiger partial charge in [0.2, 0.25) is 0 Å². The van der Waals surface area contributed by atoms with E-state index in [0.717, 1.165) is 28.0 Å². The van der Waals surface area contributed by atoms with Crippen LogP contribution in [0.3, 0.4) is 0 Å². The van der Waals surface area contributed by atoms with Gasteiger partial charge in [-0.05, 0) is 12.1 Å². The first-order valence-electron chi connectivity index (χ1n) is 7.98. The van der Waals surface area contributed by atoms with Crippen molar-refractivity contribution in [2.45, 2.75) is 0 Å². The Morgan fingerprint density at radius 1 is 1.00 bits per heavy atom. The molecule has 0 fully saturated rings. The van der Waals surface area contributed by atoms with Crippen molar-refractivity contribution in [1.82, 2.24) is 14.6 Å². The molecule has 0 unspecified atom stereocenters. The monoisotopic (exact) mass is 341 g/mol. The van der Waals surface area contributed by atoms with E-state index in [1.165, 1.54) is 12.4 Å². The van der Waals surface area contributed by atoms with Crippen molar-refractivity contribution in [3.05, 3.63) is 88.4 Å². The normalized spacial score (nSPS) is 12.4. The predicted octanol–water partition coefficient (Wildman–Crippen LogP) is 3.79. The second kappa shape index (κ2) is 5.32. The van der Waals surface area contributed by atoms with Crippen LogP contribution >= 0.6 is 0 Å². The number of aromatic nitrogens is 3. The number of nitro benzene ring substituents is 1. The highest BCUT2D eigenvalue weighted by Crippen LogP contribution is 2.37. The summed E-state index contributed by atoms with van der Waals surface area (Å²) in [6, 6.07) is 16.2. The molecule has 26 heavy (non-hydrogen) atoms. The van der Waals surface area contributed by atoms with Crippen molar-refractivity contribution in [2.24, 2.45) is 4.99 Å². The van der Waals surface area contributed by atoms with Crippen molar-refractivity contribution < 1.29 is 4.92 Å². The van der Waals surface area contributed by atoms with E-state index in [1.807, 2.05) is 42.6 Å². The number of nitro groups is 1. The zero-order valence-electron chi connectivity index (χ0n) is 13.4. The van der Waals surface area contributed by atoms with Crippen molar-refractivity contribution in [3.63, 3.8) is 0 Å². The van der Waals surface area contributed by atoms with Crippen molar-refractivity contribution >= 4 is 22.6 Å². The average molecular weight is 341 g/mol. The van der Waals surface area contributed by atoms with E-state index in [0.29, 0.717) is 11.3 Å². The molecule has 7 heteroatoms. The van der Waals surface area contributed by atoms with Gasteiger partial charge in [0, 0.05) is 35.0 Å². The van der Waals surface area contributed by atoms with Gasteiger partial charge >= 0.3 is 0 Å². The molecule has 5 rings (SSSR count). The lowest BCUT2D eigenvalue weighted by Crippen LogP contribution is -2.04. The summed E-state index contributed by atoms with van der Waals surface area (Å²) in [7, 11) is 0. The Kier molecular flexibility index (Phi) is 2.96. The SMILES string of the molecule is O=[N+]([O-])c1cccc(C2=Nc3ccccc3-c3ncnn4ccc2c34)c1. The molecule has 0 radical (unpaired) electrons. The average Bonchev–Trinajstić information content (AvgIpc) is 3.04. The first kappa shape index (κ1) is 14.5. The third-order valence-electron chi connectivity index (χ3n) is 4.43. The summed E-state index contributed by atoms with van der Waals surface area (Å²) in [5.74, 6) is 0. The quantitative estimate of drug-likeness (QED) is 0.361. The van der Waals surface area contributed by atoms with E-state index < -0.39 is 4.92 Å². The molecular weight excluding hydrogens is 330 g/mol. The van der Waals surface area contributed by atoms with E-state index >= 15 is 0 Å². The Balaban J connectivity index is 1.87. The topological polar surface area (TPSA) is 85.7 Å². The fourth-order valence-corrected chi connectivity index (χ4v) is 3.28. The molecule has 1 aliphatic rings. The van der Waals surface area contributed by atoms with Crippen LogP contribution in [-0.2, 0) is 0 Å². The zero-order valence-corrected chi connectivity index (χ0v) is 13.4. The molecule has 2 aromatic carbocycles. The molecule has 0 bridgehead atoms. The van der Waals surface area contributed by atoms with E-state index in [1.54, 1.807) is 16.6 Å². The summed E-state index contributed by atoms with van der Waals surface area (Å²) in [5.41, 5.74) is 5.52. The Bertz CT molecular complexity index is 1230. The molecule has 124 valence electrons. The van der Waals surface area contributed by atoms with Crippen LogP contribution in [-0.4, -0.2) is 25.2 Å². The highest BCUT2D eigenvalue weighted by Gasteiger charge is 2.23. The van der Waals surface area contributed by atoms with Crippen LogP contribution in [0.1, 0.15) is 11.1 Å². The maximum absolute atomic E-state index is 11.2. The van der Waals surface area contributed by atoms with Crippen LogP contribution in [0.2, 0.25) is 0 Å². The number of non-ortho nitro benzene ring substituents is 1. The summed E-state index contributed by atoms with van der Waals surface area (Å²) in [6.07, 6.45) is 3.36. The summed E-state index contributed by atoms with van der Waals surface area (Å²) >= 11 is 0. The van der Waals surface area contributed by atoms with Gasteiger partial charge in [-0.1, -0.05) is 30.3 Å². The molecule has 1 aliphatic heterocycles. The molecule has 0 aliphatic carbocycles. The van der Waals surface area contributed by atoms with Crippen LogP contribution in [0.15, 0.2) is 72.1 Å². The maximum Gasteiger partial charge on any atom is 0.270 e.